The molecular formula is C14H21O5PS. The van der Waals surface area contributed by atoms with Crippen LogP contribution in [0.5, 0.6) is 0 Å². The van der Waals surface area contributed by atoms with E-state index in [9.17, 15) is 9.36 Å². The maximum Gasteiger partial charge on any atom is 0.338 e. The molecule has 1 aromatic carbocycles. The normalized spacial score (nSPS) is 11.4. The predicted molar refractivity (Wildman–Crippen MR) is 84.2 cm³/mol. The summed E-state index contributed by atoms with van der Waals surface area (Å²) in [7, 11) is -3.29. The molecular weight excluding hydrogens is 311 g/mol. The fourth-order valence-corrected chi connectivity index (χ4v) is 3.80. The first-order valence-corrected chi connectivity index (χ1v) is 9.00. The topological polar surface area (TPSA) is 61.8 Å². The van der Waals surface area contributed by atoms with Crippen LogP contribution in [0.2, 0.25) is 0 Å². The summed E-state index contributed by atoms with van der Waals surface area (Å²) in [4.78, 5) is 12.6. The van der Waals surface area contributed by atoms with Crippen LogP contribution in [0.3, 0.4) is 0 Å². The summed E-state index contributed by atoms with van der Waals surface area (Å²) in [6, 6.07) is 4.98. The van der Waals surface area contributed by atoms with Crippen molar-refractivity contribution < 1.29 is 23.1 Å². The summed E-state index contributed by atoms with van der Waals surface area (Å²) >= 11 is 4.25. The van der Waals surface area contributed by atoms with Crippen LogP contribution >= 0.6 is 20.2 Å². The van der Waals surface area contributed by atoms with E-state index in [0.29, 0.717) is 16.0 Å². The SMILES string of the molecule is CCOC(=O)c1ccc(S)cc1CP(=O)(OCC)OCC. The Morgan fingerprint density at radius 1 is 1.14 bits per heavy atom. The smallest absolute Gasteiger partial charge is 0.338 e. The Bertz CT molecular complexity index is 522. The van der Waals surface area contributed by atoms with E-state index in [-0.39, 0.29) is 26.0 Å². The van der Waals surface area contributed by atoms with Crippen LogP contribution in [-0.4, -0.2) is 25.8 Å². The first-order valence-electron chi connectivity index (χ1n) is 6.82. The van der Waals surface area contributed by atoms with Gasteiger partial charge in [-0.2, -0.15) is 0 Å². The highest BCUT2D eigenvalue weighted by atomic mass is 32.1. The van der Waals surface area contributed by atoms with Gasteiger partial charge >= 0.3 is 13.6 Å². The second kappa shape index (κ2) is 8.59. The molecule has 0 saturated heterocycles. The molecule has 0 saturated carbocycles. The third-order valence-corrected chi connectivity index (χ3v) is 4.91. The van der Waals surface area contributed by atoms with Crippen molar-refractivity contribution in [3.63, 3.8) is 0 Å². The Labute approximate surface area is 130 Å². The fourth-order valence-electron chi connectivity index (χ4n) is 1.85. The van der Waals surface area contributed by atoms with Crippen LogP contribution in [0.4, 0.5) is 0 Å². The Balaban J connectivity index is 3.12. The molecule has 1 rings (SSSR count). The molecule has 0 amide bonds. The van der Waals surface area contributed by atoms with Crippen LogP contribution in [0.25, 0.3) is 0 Å². The molecule has 0 fully saturated rings. The van der Waals surface area contributed by atoms with Crippen LogP contribution in [0.1, 0.15) is 36.7 Å². The van der Waals surface area contributed by atoms with E-state index in [1.165, 1.54) is 0 Å². The van der Waals surface area contributed by atoms with Crippen molar-refractivity contribution in [1.82, 2.24) is 0 Å². The van der Waals surface area contributed by atoms with Crippen molar-refractivity contribution in [2.45, 2.75) is 31.8 Å². The lowest BCUT2D eigenvalue weighted by molar-refractivity contribution is 0.0525. The van der Waals surface area contributed by atoms with Gasteiger partial charge in [-0.3, -0.25) is 4.57 Å². The lowest BCUT2D eigenvalue weighted by Crippen LogP contribution is -2.09. The maximum atomic E-state index is 12.6. The summed E-state index contributed by atoms with van der Waals surface area (Å²) in [6.07, 6.45) is 0.0111. The number of benzene rings is 1. The first-order chi connectivity index (χ1) is 9.95. The minimum absolute atomic E-state index is 0.0111. The van der Waals surface area contributed by atoms with E-state index in [4.69, 9.17) is 13.8 Å². The number of carbonyl (C=O) groups excluding carboxylic acids is 1. The Morgan fingerprint density at radius 3 is 2.29 bits per heavy atom. The van der Waals surface area contributed by atoms with E-state index in [1.54, 1.807) is 39.0 Å². The monoisotopic (exact) mass is 332 g/mol. The molecule has 1 aromatic rings. The third kappa shape index (κ3) is 5.47. The molecule has 21 heavy (non-hydrogen) atoms. The number of rotatable bonds is 8. The minimum Gasteiger partial charge on any atom is -0.462 e. The third-order valence-electron chi connectivity index (χ3n) is 2.60. The van der Waals surface area contributed by atoms with Gasteiger partial charge < -0.3 is 13.8 Å². The predicted octanol–water partition coefficient (Wildman–Crippen LogP) is 3.92. The summed E-state index contributed by atoms with van der Waals surface area (Å²) in [5, 5.41) is 0. The number of hydrogen-bond donors (Lipinski definition) is 1. The first kappa shape index (κ1) is 18.2. The molecule has 0 bridgehead atoms. The van der Waals surface area contributed by atoms with Gasteiger partial charge in [0.05, 0.1) is 31.5 Å². The van der Waals surface area contributed by atoms with Gasteiger partial charge in [0.2, 0.25) is 0 Å². The second-order valence-electron chi connectivity index (χ2n) is 4.17. The zero-order valence-corrected chi connectivity index (χ0v) is 14.3. The van der Waals surface area contributed by atoms with E-state index in [2.05, 4.69) is 12.6 Å². The molecule has 7 heteroatoms. The van der Waals surface area contributed by atoms with Gasteiger partial charge in [-0.1, -0.05) is 0 Å². The quantitative estimate of drug-likeness (QED) is 0.444. The summed E-state index contributed by atoms with van der Waals surface area (Å²) in [6.45, 7) is 6.03. The molecule has 0 aliphatic carbocycles. The molecule has 0 N–H and O–H groups in total. The highest BCUT2D eigenvalue weighted by molar-refractivity contribution is 7.80. The summed E-state index contributed by atoms with van der Waals surface area (Å²) < 4.78 is 28.1. The standard InChI is InChI=1S/C14H21O5PS/c1-4-17-14(15)13-8-7-12(21)9-11(13)10-20(16,18-5-2)19-6-3/h7-9,21H,4-6,10H2,1-3H3. The zero-order chi connectivity index (χ0) is 15.9. The summed E-state index contributed by atoms with van der Waals surface area (Å²) in [5.74, 6) is -0.458. The fraction of sp³-hybridized carbons (Fsp3) is 0.500. The lowest BCUT2D eigenvalue weighted by atomic mass is 10.1. The minimum atomic E-state index is -3.29. The number of esters is 1. The molecule has 0 atom stereocenters. The maximum absolute atomic E-state index is 12.6. The van der Waals surface area contributed by atoms with E-state index >= 15 is 0 Å². The molecule has 0 aliphatic heterocycles. The highest BCUT2D eigenvalue weighted by Crippen LogP contribution is 2.51. The van der Waals surface area contributed by atoms with E-state index < -0.39 is 13.6 Å². The Kier molecular flexibility index (Phi) is 7.46. The number of ether oxygens (including phenoxy) is 1. The van der Waals surface area contributed by atoms with Crippen molar-refractivity contribution in [3.05, 3.63) is 29.3 Å². The van der Waals surface area contributed by atoms with Crippen LogP contribution in [-0.2, 0) is 24.5 Å². The zero-order valence-electron chi connectivity index (χ0n) is 12.5. The molecule has 0 spiro atoms. The summed E-state index contributed by atoms with van der Waals surface area (Å²) in [5.41, 5.74) is 0.903. The molecule has 0 aliphatic rings. The van der Waals surface area contributed by atoms with Gasteiger partial charge in [-0.15, -0.1) is 12.6 Å². The van der Waals surface area contributed by atoms with Gasteiger partial charge in [0.15, 0.2) is 0 Å². The van der Waals surface area contributed by atoms with Crippen LogP contribution < -0.4 is 0 Å². The number of carbonyl (C=O) groups is 1. The number of hydrogen-bond acceptors (Lipinski definition) is 6. The van der Waals surface area contributed by atoms with Gasteiger partial charge in [0, 0.05) is 4.90 Å². The Hall–Kier alpha value is -0.810. The van der Waals surface area contributed by atoms with Crippen molar-refractivity contribution in [2.24, 2.45) is 0 Å². The lowest BCUT2D eigenvalue weighted by Gasteiger charge is -2.18. The van der Waals surface area contributed by atoms with Gasteiger partial charge in [0.1, 0.15) is 0 Å². The van der Waals surface area contributed by atoms with Crippen LogP contribution in [0.15, 0.2) is 23.1 Å². The van der Waals surface area contributed by atoms with Gasteiger partial charge in [-0.05, 0) is 44.5 Å². The van der Waals surface area contributed by atoms with E-state index in [1.807, 2.05) is 0 Å². The van der Waals surface area contributed by atoms with Gasteiger partial charge in [-0.25, -0.2) is 4.79 Å². The number of thiol groups is 1. The second-order valence-corrected chi connectivity index (χ2v) is 6.74. The average molecular weight is 332 g/mol. The van der Waals surface area contributed by atoms with Crippen molar-refractivity contribution in [3.8, 4) is 0 Å². The van der Waals surface area contributed by atoms with E-state index in [0.717, 1.165) is 0 Å². The highest BCUT2D eigenvalue weighted by Gasteiger charge is 2.27. The molecule has 0 aromatic heterocycles. The molecule has 0 unspecified atom stereocenters. The molecule has 0 radical (unpaired) electrons. The molecule has 0 heterocycles. The van der Waals surface area contributed by atoms with Crippen molar-refractivity contribution >= 4 is 26.2 Å². The largest absolute Gasteiger partial charge is 0.462 e. The Morgan fingerprint density at radius 2 is 1.76 bits per heavy atom. The van der Waals surface area contributed by atoms with Crippen molar-refractivity contribution in [1.29, 1.82) is 0 Å². The molecule has 5 nitrogen and oxygen atoms in total. The average Bonchev–Trinajstić information content (AvgIpc) is 2.39. The van der Waals surface area contributed by atoms with Gasteiger partial charge in [0.25, 0.3) is 0 Å². The van der Waals surface area contributed by atoms with Crippen LogP contribution in [0, 0.1) is 0 Å². The molecule has 118 valence electrons. The van der Waals surface area contributed by atoms with Crippen molar-refractivity contribution in [2.75, 3.05) is 19.8 Å².